The predicted molar refractivity (Wildman–Crippen MR) is 129 cm³/mol. The second kappa shape index (κ2) is 8.94. The first kappa shape index (κ1) is 21.0. The zero-order valence-electron chi connectivity index (χ0n) is 19.1. The van der Waals surface area contributed by atoms with Crippen molar-refractivity contribution in [3.05, 3.63) is 59.9 Å². The maximum Gasteiger partial charge on any atom is 0.252 e. The average Bonchev–Trinajstić information content (AvgIpc) is 3.35. The summed E-state index contributed by atoms with van der Waals surface area (Å²) in [5.74, 6) is 0.486. The summed E-state index contributed by atoms with van der Waals surface area (Å²) in [5.41, 5.74) is 4.10. The number of carbonyl (C=O) groups excluding carboxylic acids is 1. The summed E-state index contributed by atoms with van der Waals surface area (Å²) in [6.45, 7) is 8.13. The molecule has 2 aromatic heterocycles. The number of rotatable bonds is 7. The van der Waals surface area contributed by atoms with E-state index in [1.165, 1.54) is 24.1 Å². The molecule has 0 aliphatic carbocycles. The molecule has 5 rings (SSSR count). The molecule has 168 valence electrons. The van der Waals surface area contributed by atoms with Crippen LogP contribution in [-0.2, 0) is 13.0 Å². The highest BCUT2D eigenvalue weighted by atomic mass is 16.1. The molecule has 0 saturated carbocycles. The molecule has 0 unspecified atom stereocenters. The second-order valence-electron chi connectivity index (χ2n) is 9.71. The van der Waals surface area contributed by atoms with E-state index in [1.54, 1.807) is 6.20 Å². The Morgan fingerprint density at radius 3 is 2.62 bits per heavy atom. The Labute approximate surface area is 190 Å². The number of nitrogens with zero attached hydrogens (tertiary/aromatic N) is 3. The van der Waals surface area contributed by atoms with Crippen LogP contribution in [0.15, 0.2) is 48.8 Å². The van der Waals surface area contributed by atoms with E-state index >= 15 is 0 Å². The third-order valence-corrected chi connectivity index (χ3v) is 6.64. The van der Waals surface area contributed by atoms with Crippen molar-refractivity contribution >= 4 is 22.6 Å². The maximum atomic E-state index is 12.6. The van der Waals surface area contributed by atoms with Crippen LogP contribution in [-0.4, -0.2) is 47.2 Å². The van der Waals surface area contributed by atoms with Gasteiger partial charge in [-0.3, -0.25) is 4.79 Å². The molecule has 2 aliphatic heterocycles. The largest absolute Gasteiger partial charge is 0.368 e. The third kappa shape index (κ3) is 4.51. The van der Waals surface area contributed by atoms with Gasteiger partial charge in [0.05, 0.1) is 5.56 Å². The van der Waals surface area contributed by atoms with Crippen LogP contribution in [0.3, 0.4) is 0 Å². The molecule has 2 atom stereocenters. The quantitative estimate of drug-likeness (QED) is 0.600. The van der Waals surface area contributed by atoms with Crippen LogP contribution in [0.5, 0.6) is 0 Å². The summed E-state index contributed by atoms with van der Waals surface area (Å²) < 4.78 is 2.15. The third-order valence-electron chi connectivity index (χ3n) is 6.64. The number of piperazine rings is 1. The Kier molecular flexibility index (Phi) is 5.87. The first-order valence-corrected chi connectivity index (χ1v) is 11.9. The Morgan fingerprint density at radius 1 is 1.16 bits per heavy atom. The number of aromatic nitrogens is 2. The summed E-state index contributed by atoms with van der Waals surface area (Å²) in [4.78, 5) is 19.7. The van der Waals surface area contributed by atoms with Crippen molar-refractivity contribution in [3.8, 4) is 0 Å². The molecule has 1 aromatic carbocycles. The van der Waals surface area contributed by atoms with Gasteiger partial charge < -0.3 is 20.1 Å². The summed E-state index contributed by atoms with van der Waals surface area (Å²) in [7, 11) is 0. The van der Waals surface area contributed by atoms with Crippen molar-refractivity contribution in [3.63, 3.8) is 0 Å². The van der Waals surface area contributed by atoms with Gasteiger partial charge in [0.25, 0.3) is 5.91 Å². The van der Waals surface area contributed by atoms with Crippen molar-refractivity contribution in [2.75, 3.05) is 24.5 Å². The Bertz CT molecular complexity index is 1080. The van der Waals surface area contributed by atoms with Crippen molar-refractivity contribution in [1.29, 1.82) is 0 Å². The van der Waals surface area contributed by atoms with Gasteiger partial charge in [-0.2, -0.15) is 0 Å². The zero-order valence-corrected chi connectivity index (χ0v) is 19.1. The fourth-order valence-corrected chi connectivity index (χ4v) is 5.05. The lowest BCUT2D eigenvalue weighted by Crippen LogP contribution is -2.51. The topological polar surface area (TPSA) is 62.2 Å². The fourth-order valence-electron chi connectivity index (χ4n) is 5.05. The van der Waals surface area contributed by atoms with E-state index in [-0.39, 0.29) is 5.91 Å². The van der Waals surface area contributed by atoms with Crippen LogP contribution in [0.4, 0.5) is 5.69 Å². The second-order valence-corrected chi connectivity index (χ2v) is 9.71. The number of hydrogen-bond donors (Lipinski definition) is 2. The molecular formula is C26H33N5O. The minimum Gasteiger partial charge on any atom is -0.368 e. The lowest BCUT2D eigenvalue weighted by molar-refractivity contribution is 0.0954. The van der Waals surface area contributed by atoms with Gasteiger partial charge in [0.1, 0.15) is 5.65 Å². The molecule has 2 fully saturated rings. The van der Waals surface area contributed by atoms with Gasteiger partial charge in [0, 0.05) is 61.7 Å². The lowest BCUT2D eigenvalue weighted by Gasteiger charge is -2.34. The number of fused-ring (bicyclic) bond motifs is 3. The van der Waals surface area contributed by atoms with Crippen molar-refractivity contribution < 1.29 is 4.79 Å². The molecule has 0 spiro atoms. The van der Waals surface area contributed by atoms with Gasteiger partial charge in [-0.05, 0) is 55.0 Å². The van der Waals surface area contributed by atoms with E-state index in [1.807, 2.05) is 18.3 Å². The van der Waals surface area contributed by atoms with Crippen LogP contribution in [0.2, 0.25) is 0 Å². The van der Waals surface area contributed by atoms with Gasteiger partial charge >= 0.3 is 0 Å². The van der Waals surface area contributed by atoms with Crippen molar-refractivity contribution in [2.45, 2.75) is 51.7 Å². The minimum atomic E-state index is -0.0658. The number of amides is 1. The smallest absolute Gasteiger partial charge is 0.252 e. The highest BCUT2D eigenvalue weighted by Gasteiger charge is 2.32. The molecule has 2 aliphatic rings. The van der Waals surface area contributed by atoms with Crippen LogP contribution >= 0.6 is 0 Å². The number of pyridine rings is 1. The standard InChI is InChI=1S/C26H33N5O/c1-18(2)15-30-12-10-20-13-21(14-28-25(20)30)26(32)27-11-9-19-3-7-24(8-4-19)31-16-22-5-6-23(17-31)29-22/h3-4,7-8,10,12-14,18,22-23,29H,5-6,9,11,15-17H2,1-2H3,(H,27,32)/t22-,23+. The number of hydrogen-bond acceptors (Lipinski definition) is 4. The molecule has 2 N–H and O–H groups in total. The minimum absolute atomic E-state index is 0.0658. The molecule has 6 heteroatoms. The molecule has 2 bridgehead atoms. The lowest BCUT2D eigenvalue weighted by atomic mass is 10.1. The van der Waals surface area contributed by atoms with Gasteiger partial charge in [0.15, 0.2) is 0 Å². The van der Waals surface area contributed by atoms with E-state index in [2.05, 4.69) is 63.2 Å². The highest BCUT2D eigenvalue weighted by molar-refractivity contribution is 5.96. The molecule has 32 heavy (non-hydrogen) atoms. The SMILES string of the molecule is CC(C)Cn1ccc2cc(C(=O)NCCc3ccc(N4C[C@H]5CC[C@@H](C4)N5)cc3)cnc21. The summed E-state index contributed by atoms with van der Waals surface area (Å²) in [5, 5.41) is 7.74. The first-order valence-electron chi connectivity index (χ1n) is 11.9. The maximum absolute atomic E-state index is 12.6. The molecule has 1 amide bonds. The number of benzene rings is 1. The highest BCUT2D eigenvalue weighted by Crippen LogP contribution is 2.25. The normalized spacial score (nSPS) is 20.3. The molecule has 6 nitrogen and oxygen atoms in total. The van der Waals surface area contributed by atoms with E-state index in [9.17, 15) is 4.79 Å². The first-order chi connectivity index (χ1) is 15.5. The summed E-state index contributed by atoms with van der Waals surface area (Å²) >= 11 is 0. The van der Waals surface area contributed by atoms with Gasteiger partial charge in [-0.25, -0.2) is 4.98 Å². The molecule has 0 radical (unpaired) electrons. The Morgan fingerprint density at radius 2 is 1.91 bits per heavy atom. The molecular weight excluding hydrogens is 398 g/mol. The monoisotopic (exact) mass is 431 g/mol. The van der Waals surface area contributed by atoms with Gasteiger partial charge in [-0.1, -0.05) is 26.0 Å². The van der Waals surface area contributed by atoms with E-state index < -0.39 is 0 Å². The predicted octanol–water partition coefficient (Wildman–Crippen LogP) is 3.61. The van der Waals surface area contributed by atoms with Crippen molar-refractivity contribution in [1.82, 2.24) is 20.2 Å². The van der Waals surface area contributed by atoms with Crippen LogP contribution in [0.1, 0.15) is 42.6 Å². The van der Waals surface area contributed by atoms with Crippen molar-refractivity contribution in [2.24, 2.45) is 5.92 Å². The molecule has 2 saturated heterocycles. The van der Waals surface area contributed by atoms with Gasteiger partial charge in [-0.15, -0.1) is 0 Å². The van der Waals surface area contributed by atoms with Gasteiger partial charge in [0.2, 0.25) is 0 Å². The number of nitrogens with one attached hydrogen (secondary N) is 2. The molecule has 3 aromatic rings. The average molecular weight is 432 g/mol. The summed E-state index contributed by atoms with van der Waals surface area (Å²) in [6, 6.07) is 14.1. The molecule has 4 heterocycles. The Hall–Kier alpha value is -2.86. The number of carbonyl (C=O) groups is 1. The Balaban J connectivity index is 1.14. The van der Waals surface area contributed by atoms with E-state index in [0.717, 1.165) is 37.1 Å². The summed E-state index contributed by atoms with van der Waals surface area (Å²) in [6.07, 6.45) is 7.15. The van der Waals surface area contributed by atoms with E-state index in [4.69, 9.17) is 0 Å². The fraction of sp³-hybridized carbons (Fsp3) is 0.462. The van der Waals surface area contributed by atoms with E-state index in [0.29, 0.717) is 30.1 Å². The van der Waals surface area contributed by atoms with Crippen LogP contribution in [0, 0.1) is 5.92 Å². The van der Waals surface area contributed by atoms with Crippen LogP contribution < -0.4 is 15.5 Å². The number of anilines is 1. The zero-order chi connectivity index (χ0) is 22.1. The van der Waals surface area contributed by atoms with Crippen LogP contribution in [0.25, 0.3) is 11.0 Å².